The van der Waals surface area contributed by atoms with E-state index >= 15 is 0 Å². The van der Waals surface area contributed by atoms with Crippen molar-refractivity contribution in [1.29, 1.82) is 0 Å². The highest BCUT2D eigenvalue weighted by Gasteiger charge is 2.30. The minimum Gasteiger partial charge on any atom is -0.363 e. The van der Waals surface area contributed by atoms with Crippen molar-refractivity contribution in [2.75, 3.05) is 11.4 Å². The summed E-state index contributed by atoms with van der Waals surface area (Å²) in [6.45, 7) is 11.8. The van der Waals surface area contributed by atoms with Crippen molar-refractivity contribution in [3.63, 3.8) is 0 Å². The Balaban J connectivity index is 1.84. The molecule has 1 aliphatic rings. The average molecular weight is 396 g/mol. The molecule has 0 radical (unpaired) electrons. The van der Waals surface area contributed by atoms with Crippen LogP contribution in [0, 0.1) is 6.92 Å². The molecule has 28 heavy (non-hydrogen) atoms. The molecule has 0 saturated carbocycles. The number of nitrogens with one attached hydrogen (secondary N) is 1. The maximum absolute atomic E-state index is 12.2. The molecule has 0 atom stereocenters. The molecule has 2 aromatic rings. The van der Waals surface area contributed by atoms with E-state index in [1.54, 1.807) is 30.5 Å². The van der Waals surface area contributed by atoms with Crippen LogP contribution in [0.4, 0.5) is 5.69 Å². The molecule has 0 aromatic heterocycles. The van der Waals surface area contributed by atoms with Crippen LogP contribution in [0.1, 0.15) is 54.7 Å². The van der Waals surface area contributed by atoms with Crippen molar-refractivity contribution < 1.29 is 4.79 Å². The predicted molar refractivity (Wildman–Crippen MR) is 118 cm³/mol. The van der Waals surface area contributed by atoms with E-state index < -0.39 is 0 Å². The van der Waals surface area contributed by atoms with E-state index in [9.17, 15) is 4.79 Å². The molecule has 1 aliphatic heterocycles. The summed E-state index contributed by atoms with van der Waals surface area (Å²) in [6, 6.07) is 11.1. The van der Waals surface area contributed by atoms with Gasteiger partial charge in [0.1, 0.15) is 0 Å². The van der Waals surface area contributed by atoms with Crippen LogP contribution in [0.25, 0.3) is 5.57 Å². The number of halogens is 1. The van der Waals surface area contributed by atoms with Gasteiger partial charge in [0.25, 0.3) is 5.91 Å². The number of fused-ring (bicyclic) bond motifs is 1. The van der Waals surface area contributed by atoms with E-state index in [-0.39, 0.29) is 11.4 Å². The zero-order valence-corrected chi connectivity index (χ0v) is 17.8. The predicted octanol–water partition coefficient (Wildman–Crippen LogP) is 5.43. The second-order valence-corrected chi connectivity index (χ2v) is 8.09. The van der Waals surface area contributed by atoms with Crippen LogP contribution < -0.4 is 10.3 Å². The third-order valence-corrected chi connectivity index (χ3v) is 5.41. The first-order valence-electron chi connectivity index (χ1n) is 9.44. The molecular weight excluding hydrogens is 370 g/mol. The van der Waals surface area contributed by atoms with Crippen LogP contribution in [-0.4, -0.2) is 24.2 Å². The van der Waals surface area contributed by atoms with Gasteiger partial charge < -0.3 is 4.90 Å². The molecule has 5 heteroatoms. The number of hydrogen-bond acceptors (Lipinski definition) is 3. The van der Waals surface area contributed by atoms with Crippen LogP contribution in [0.15, 0.2) is 47.6 Å². The van der Waals surface area contributed by atoms with Gasteiger partial charge >= 0.3 is 0 Å². The van der Waals surface area contributed by atoms with Crippen molar-refractivity contribution in [1.82, 2.24) is 5.43 Å². The number of allylic oxidation sites excluding steroid dienone is 1. The van der Waals surface area contributed by atoms with E-state index in [4.69, 9.17) is 11.6 Å². The number of carbonyl (C=O) groups is 1. The van der Waals surface area contributed by atoms with E-state index in [0.717, 1.165) is 17.7 Å². The number of anilines is 1. The lowest BCUT2D eigenvalue weighted by Gasteiger charge is -2.43. The van der Waals surface area contributed by atoms with E-state index in [0.29, 0.717) is 10.6 Å². The number of hydrazone groups is 1. The summed E-state index contributed by atoms with van der Waals surface area (Å²) < 4.78 is 0. The van der Waals surface area contributed by atoms with Gasteiger partial charge in [-0.05, 0) is 87.7 Å². The Morgan fingerprint density at radius 3 is 2.54 bits per heavy atom. The fourth-order valence-corrected chi connectivity index (χ4v) is 3.91. The van der Waals surface area contributed by atoms with E-state index in [1.165, 1.54) is 16.8 Å². The molecule has 0 unspecified atom stereocenters. The molecule has 0 bridgehead atoms. The maximum atomic E-state index is 12.2. The summed E-state index contributed by atoms with van der Waals surface area (Å²) >= 11 is 5.86. The number of aryl methyl sites for hydroxylation is 1. The van der Waals surface area contributed by atoms with Gasteiger partial charge in [-0.2, -0.15) is 5.10 Å². The third kappa shape index (κ3) is 3.97. The fraction of sp³-hybridized carbons (Fsp3) is 0.304. The minimum absolute atomic E-state index is 0.0135. The lowest BCUT2D eigenvalue weighted by molar-refractivity contribution is 0.0955. The van der Waals surface area contributed by atoms with E-state index in [1.807, 2.05) is 0 Å². The summed E-state index contributed by atoms with van der Waals surface area (Å²) in [5.41, 5.74) is 8.89. The summed E-state index contributed by atoms with van der Waals surface area (Å²) in [7, 11) is 0. The molecule has 1 amide bonds. The topological polar surface area (TPSA) is 44.7 Å². The van der Waals surface area contributed by atoms with Crippen LogP contribution >= 0.6 is 11.6 Å². The number of rotatable bonds is 4. The molecule has 4 nitrogen and oxygen atoms in total. The Labute approximate surface area is 171 Å². The number of benzene rings is 2. The Morgan fingerprint density at radius 1 is 1.21 bits per heavy atom. The molecule has 146 valence electrons. The summed E-state index contributed by atoms with van der Waals surface area (Å²) in [5.74, 6) is -0.265. The van der Waals surface area contributed by atoms with Crippen molar-refractivity contribution in [2.24, 2.45) is 5.10 Å². The molecular formula is C23H26ClN3O. The number of carbonyl (C=O) groups excluding carboxylic acids is 1. The molecule has 0 fully saturated rings. The lowest BCUT2D eigenvalue weighted by atomic mass is 9.87. The third-order valence-electron chi connectivity index (χ3n) is 5.16. The van der Waals surface area contributed by atoms with Crippen molar-refractivity contribution >= 4 is 35.0 Å². The van der Waals surface area contributed by atoms with Crippen molar-refractivity contribution in [3.05, 3.63) is 69.8 Å². The molecule has 3 rings (SSSR count). The number of hydrogen-bond donors (Lipinski definition) is 1. The lowest BCUT2D eigenvalue weighted by Crippen LogP contribution is -2.45. The first-order chi connectivity index (χ1) is 13.2. The molecule has 1 heterocycles. The second kappa shape index (κ2) is 7.80. The normalized spacial score (nSPS) is 15.4. The molecule has 0 saturated heterocycles. The zero-order chi connectivity index (χ0) is 20.5. The highest BCUT2D eigenvalue weighted by atomic mass is 35.5. The average Bonchev–Trinajstić information content (AvgIpc) is 2.62. The number of amides is 1. The first kappa shape index (κ1) is 20.2. The van der Waals surface area contributed by atoms with E-state index in [2.05, 4.69) is 68.3 Å². The molecule has 0 aliphatic carbocycles. The number of nitrogens with zero attached hydrogens (tertiary/aromatic N) is 2. The van der Waals surface area contributed by atoms with Gasteiger partial charge in [0.15, 0.2) is 0 Å². The van der Waals surface area contributed by atoms with Crippen LogP contribution in [0.3, 0.4) is 0 Å². The SMILES string of the molecule is CCN1c2cc(C)c(/C=N\NC(=O)c3ccc(Cl)cc3)cc2C(C)=CC1(C)C. The summed E-state index contributed by atoms with van der Waals surface area (Å²) in [6.07, 6.45) is 4.00. The van der Waals surface area contributed by atoms with Crippen LogP contribution in [0.2, 0.25) is 5.02 Å². The van der Waals surface area contributed by atoms with Gasteiger partial charge in [-0.25, -0.2) is 5.43 Å². The molecule has 0 spiro atoms. The van der Waals surface area contributed by atoms with Gasteiger partial charge in [0.05, 0.1) is 11.8 Å². The van der Waals surface area contributed by atoms with Gasteiger partial charge in [-0.1, -0.05) is 17.7 Å². The Kier molecular flexibility index (Phi) is 5.61. The van der Waals surface area contributed by atoms with Gasteiger partial charge in [-0.3, -0.25) is 4.79 Å². The second-order valence-electron chi connectivity index (χ2n) is 7.66. The highest BCUT2D eigenvalue weighted by molar-refractivity contribution is 6.30. The standard InChI is InChI=1S/C23H26ClN3O/c1-6-27-21-11-15(2)18(12-20(21)16(3)13-23(27,4)5)14-25-26-22(28)17-7-9-19(24)10-8-17/h7-14H,6H2,1-5H3,(H,26,28)/b25-14-. The molecule has 1 N–H and O–H groups in total. The maximum Gasteiger partial charge on any atom is 0.271 e. The smallest absolute Gasteiger partial charge is 0.271 e. The Morgan fingerprint density at radius 2 is 1.89 bits per heavy atom. The summed E-state index contributed by atoms with van der Waals surface area (Å²) in [5, 5.41) is 4.75. The highest BCUT2D eigenvalue weighted by Crippen LogP contribution is 2.39. The zero-order valence-electron chi connectivity index (χ0n) is 17.0. The van der Waals surface area contributed by atoms with Gasteiger partial charge in [-0.15, -0.1) is 0 Å². The molecule has 2 aromatic carbocycles. The van der Waals surface area contributed by atoms with Gasteiger partial charge in [0.2, 0.25) is 0 Å². The first-order valence-corrected chi connectivity index (χ1v) is 9.82. The minimum atomic E-state index is -0.265. The Bertz CT molecular complexity index is 959. The Hall–Kier alpha value is -2.59. The fourth-order valence-electron chi connectivity index (χ4n) is 3.79. The number of likely N-dealkylation sites (N-methyl/N-ethyl adjacent to an activating group) is 1. The monoisotopic (exact) mass is 395 g/mol. The van der Waals surface area contributed by atoms with Crippen molar-refractivity contribution in [3.8, 4) is 0 Å². The largest absolute Gasteiger partial charge is 0.363 e. The van der Waals surface area contributed by atoms with Crippen LogP contribution in [-0.2, 0) is 0 Å². The van der Waals surface area contributed by atoms with Crippen LogP contribution in [0.5, 0.6) is 0 Å². The van der Waals surface area contributed by atoms with Crippen molar-refractivity contribution in [2.45, 2.75) is 40.2 Å². The quantitative estimate of drug-likeness (QED) is 0.553. The summed E-state index contributed by atoms with van der Waals surface area (Å²) in [4.78, 5) is 14.6. The van der Waals surface area contributed by atoms with Gasteiger partial charge in [0, 0.05) is 28.4 Å².